The molecule has 0 aliphatic carbocycles. The molecule has 1 amide bonds. The summed E-state index contributed by atoms with van der Waals surface area (Å²) in [6.45, 7) is 9.09. The Morgan fingerprint density at radius 1 is 1.19 bits per heavy atom. The van der Waals surface area contributed by atoms with Crippen molar-refractivity contribution < 1.29 is 19.4 Å². The topological polar surface area (TPSA) is 75.6 Å². The molecular weight excluding hydrogens is 270 g/mol. The number of carboxylic acids is 1. The van der Waals surface area contributed by atoms with Gasteiger partial charge in [0, 0.05) is 0 Å². The molecule has 1 aromatic carbocycles. The van der Waals surface area contributed by atoms with Gasteiger partial charge in [-0.25, -0.2) is 0 Å². The smallest absolute Gasteiger partial charge is 0.325 e. The van der Waals surface area contributed by atoms with Crippen LogP contribution in [0.2, 0.25) is 0 Å². The summed E-state index contributed by atoms with van der Waals surface area (Å²) in [4.78, 5) is 22.6. The lowest BCUT2D eigenvalue weighted by atomic mass is 10.0. The van der Waals surface area contributed by atoms with E-state index >= 15 is 0 Å². The molecule has 0 spiro atoms. The first-order valence-electron chi connectivity index (χ1n) is 7.02. The van der Waals surface area contributed by atoms with Crippen molar-refractivity contribution >= 4 is 11.9 Å². The Balaban J connectivity index is 2.78. The Hall–Kier alpha value is -2.04. The molecule has 1 unspecified atom stereocenters. The normalized spacial score (nSPS) is 13.6. The van der Waals surface area contributed by atoms with Gasteiger partial charge < -0.3 is 15.2 Å². The molecule has 1 rings (SSSR count). The molecule has 0 bridgehead atoms. The lowest BCUT2D eigenvalue weighted by Crippen LogP contribution is -2.44. The van der Waals surface area contributed by atoms with Crippen LogP contribution in [0.3, 0.4) is 0 Å². The van der Waals surface area contributed by atoms with E-state index < -0.39 is 24.0 Å². The number of carbonyl (C=O) groups excluding carboxylic acids is 1. The van der Waals surface area contributed by atoms with Gasteiger partial charge in [0.2, 0.25) is 0 Å². The molecule has 5 heteroatoms. The zero-order chi connectivity index (χ0) is 16.2. The number of hydrogen-bond donors (Lipinski definition) is 2. The molecule has 0 aliphatic heterocycles. The van der Waals surface area contributed by atoms with Gasteiger partial charge in [-0.05, 0) is 43.9 Å². The van der Waals surface area contributed by atoms with Crippen LogP contribution in [0.1, 0.15) is 44.7 Å². The Kier molecular flexibility index (Phi) is 5.76. The number of aryl methyl sites for hydroxylation is 1. The van der Waals surface area contributed by atoms with E-state index in [1.807, 2.05) is 25.1 Å². The SMILES string of the molecule is Cc1ccc(C(C)C)cc1OC(C)C(=O)N[C@@H](C)C(=O)O. The van der Waals surface area contributed by atoms with Crippen LogP contribution >= 0.6 is 0 Å². The minimum atomic E-state index is -1.08. The lowest BCUT2D eigenvalue weighted by Gasteiger charge is -2.19. The molecule has 2 atom stereocenters. The molecule has 2 N–H and O–H groups in total. The zero-order valence-electron chi connectivity index (χ0n) is 13.1. The van der Waals surface area contributed by atoms with Crippen molar-refractivity contribution in [2.75, 3.05) is 0 Å². The molecule has 0 fully saturated rings. The Morgan fingerprint density at radius 3 is 2.33 bits per heavy atom. The lowest BCUT2D eigenvalue weighted by molar-refractivity contribution is -0.142. The van der Waals surface area contributed by atoms with Gasteiger partial charge >= 0.3 is 5.97 Å². The summed E-state index contributed by atoms with van der Waals surface area (Å²) in [6, 6.07) is 4.97. The van der Waals surface area contributed by atoms with Crippen LogP contribution in [0, 0.1) is 6.92 Å². The second-order valence-electron chi connectivity index (χ2n) is 5.51. The maximum atomic E-state index is 11.9. The van der Waals surface area contributed by atoms with E-state index in [0.29, 0.717) is 11.7 Å². The van der Waals surface area contributed by atoms with Crippen LogP contribution in [0.25, 0.3) is 0 Å². The highest BCUT2D eigenvalue weighted by molar-refractivity contribution is 5.86. The predicted octanol–water partition coefficient (Wildman–Crippen LogP) is 2.48. The molecule has 21 heavy (non-hydrogen) atoms. The first-order valence-corrected chi connectivity index (χ1v) is 7.02. The summed E-state index contributed by atoms with van der Waals surface area (Å²) in [5.41, 5.74) is 2.06. The highest BCUT2D eigenvalue weighted by Crippen LogP contribution is 2.25. The fraction of sp³-hybridized carbons (Fsp3) is 0.500. The van der Waals surface area contributed by atoms with Gasteiger partial charge in [-0.2, -0.15) is 0 Å². The number of hydrogen-bond acceptors (Lipinski definition) is 3. The standard InChI is InChI=1S/C16H23NO4/c1-9(2)13-7-6-10(3)14(8-13)21-12(5)15(18)17-11(4)16(19)20/h6-9,11-12H,1-5H3,(H,17,18)(H,19,20)/t11-,12?/m0/s1. The first-order chi connectivity index (χ1) is 9.72. The van der Waals surface area contributed by atoms with Crippen molar-refractivity contribution in [2.45, 2.75) is 52.7 Å². The van der Waals surface area contributed by atoms with Crippen molar-refractivity contribution in [3.05, 3.63) is 29.3 Å². The molecule has 0 aromatic heterocycles. The largest absolute Gasteiger partial charge is 0.481 e. The van der Waals surface area contributed by atoms with Crippen molar-refractivity contribution in [1.82, 2.24) is 5.32 Å². The second-order valence-corrected chi connectivity index (χ2v) is 5.51. The van der Waals surface area contributed by atoms with Gasteiger partial charge in [0.1, 0.15) is 11.8 Å². The fourth-order valence-electron chi connectivity index (χ4n) is 1.74. The third-order valence-corrected chi connectivity index (χ3v) is 3.28. The van der Waals surface area contributed by atoms with Gasteiger partial charge in [0.25, 0.3) is 5.91 Å². The van der Waals surface area contributed by atoms with Crippen molar-refractivity contribution in [3.8, 4) is 5.75 Å². The number of rotatable bonds is 6. The first kappa shape index (κ1) is 17.0. The highest BCUT2D eigenvalue weighted by atomic mass is 16.5. The van der Waals surface area contributed by atoms with Crippen molar-refractivity contribution in [1.29, 1.82) is 0 Å². The van der Waals surface area contributed by atoms with E-state index in [-0.39, 0.29) is 0 Å². The maximum absolute atomic E-state index is 11.9. The third-order valence-electron chi connectivity index (χ3n) is 3.28. The second kappa shape index (κ2) is 7.11. The molecule has 116 valence electrons. The van der Waals surface area contributed by atoms with Crippen molar-refractivity contribution in [2.24, 2.45) is 0 Å². The Bertz CT molecular complexity index is 525. The van der Waals surface area contributed by atoms with E-state index in [2.05, 4.69) is 19.2 Å². The number of nitrogens with one attached hydrogen (secondary N) is 1. The summed E-state index contributed by atoms with van der Waals surface area (Å²) in [7, 11) is 0. The van der Waals surface area contributed by atoms with Crippen LogP contribution in [-0.4, -0.2) is 29.1 Å². The molecule has 0 radical (unpaired) electrons. The van der Waals surface area contributed by atoms with Crippen LogP contribution in [0.5, 0.6) is 5.75 Å². The number of carbonyl (C=O) groups is 2. The zero-order valence-corrected chi connectivity index (χ0v) is 13.1. The number of aliphatic carboxylic acids is 1. The Morgan fingerprint density at radius 2 is 1.81 bits per heavy atom. The summed E-state index contributed by atoms with van der Waals surface area (Å²) in [6.07, 6.45) is -0.757. The minimum Gasteiger partial charge on any atom is -0.481 e. The molecule has 1 aromatic rings. The van der Waals surface area contributed by atoms with Gasteiger partial charge in [0.05, 0.1) is 0 Å². The van der Waals surface area contributed by atoms with E-state index in [1.54, 1.807) is 6.92 Å². The summed E-state index contributed by atoms with van der Waals surface area (Å²) in [5.74, 6) is -0.510. The number of amides is 1. The predicted molar refractivity (Wildman–Crippen MR) is 80.6 cm³/mol. The van der Waals surface area contributed by atoms with E-state index in [1.165, 1.54) is 6.92 Å². The average Bonchev–Trinajstić information content (AvgIpc) is 2.40. The summed E-state index contributed by atoms with van der Waals surface area (Å²) >= 11 is 0. The van der Waals surface area contributed by atoms with Gasteiger partial charge in [-0.3, -0.25) is 9.59 Å². The summed E-state index contributed by atoms with van der Waals surface area (Å²) in [5, 5.41) is 11.2. The average molecular weight is 293 g/mol. The summed E-state index contributed by atoms with van der Waals surface area (Å²) < 4.78 is 5.67. The number of benzene rings is 1. The highest BCUT2D eigenvalue weighted by Gasteiger charge is 2.20. The van der Waals surface area contributed by atoms with Crippen LogP contribution in [0.15, 0.2) is 18.2 Å². The van der Waals surface area contributed by atoms with E-state index in [4.69, 9.17) is 9.84 Å². The number of carboxylic acid groups (broad SMARTS) is 1. The van der Waals surface area contributed by atoms with Crippen LogP contribution in [0.4, 0.5) is 0 Å². The molecule has 0 heterocycles. The monoisotopic (exact) mass is 293 g/mol. The van der Waals surface area contributed by atoms with Gasteiger partial charge in [-0.15, -0.1) is 0 Å². The van der Waals surface area contributed by atoms with Crippen molar-refractivity contribution in [3.63, 3.8) is 0 Å². The fourth-order valence-corrected chi connectivity index (χ4v) is 1.74. The minimum absolute atomic E-state index is 0.365. The van der Waals surface area contributed by atoms with E-state index in [9.17, 15) is 9.59 Å². The maximum Gasteiger partial charge on any atom is 0.325 e. The molecule has 0 aliphatic rings. The molecule has 5 nitrogen and oxygen atoms in total. The van der Waals surface area contributed by atoms with Gasteiger partial charge in [-0.1, -0.05) is 26.0 Å². The van der Waals surface area contributed by atoms with E-state index in [0.717, 1.165) is 11.1 Å². The Labute approximate surface area is 125 Å². The quantitative estimate of drug-likeness (QED) is 0.845. The van der Waals surface area contributed by atoms with Crippen LogP contribution < -0.4 is 10.1 Å². The number of ether oxygens (including phenoxy) is 1. The van der Waals surface area contributed by atoms with Gasteiger partial charge in [0.15, 0.2) is 6.10 Å². The van der Waals surface area contributed by atoms with Crippen LogP contribution in [-0.2, 0) is 9.59 Å². The molecule has 0 saturated heterocycles. The molecule has 0 saturated carbocycles. The third kappa shape index (κ3) is 4.77. The molecular formula is C16H23NO4.